The summed E-state index contributed by atoms with van der Waals surface area (Å²) in [7, 11) is 0. The Kier molecular flexibility index (Phi) is 42.7. The van der Waals surface area contributed by atoms with Crippen LogP contribution in [-0.2, 0) is 55.8 Å². The molecule has 1 fully saturated rings. The Morgan fingerprint density at radius 3 is 1.35 bits per heavy atom. The molecule has 14 nitrogen and oxygen atoms in total. The summed E-state index contributed by atoms with van der Waals surface area (Å²) in [5.41, 5.74) is 1.01. The van der Waals surface area contributed by atoms with Gasteiger partial charge in [0, 0.05) is 71.6 Å². The molecule has 0 N–H and O–H groups in total. The molecule has 14 heteroatoms. The third kappa shape index (κ3) is 38.1. The number of rotatable bonds is 51. The quantitative estimate of drug-likeness (QED) is 0.0453. The van der Waals surface area contributed by atoms with Gasteiger partial charge in [-0.2, -0.15) is 0 Å². The smallest absolute Gasteiger partial charge is 0.306 e. The molecule has 1 aliphatic rings. The van der Waals surface area contributed by atoms with Crippen LogP contribution in [0.3, 0.4) is 0 Å². The topological polar surface area (TPSA) is 136 Å². The lowest BCUT2D eigenvalue weighted by Crippen LogP contribution is -2.38. The van der Waals surface area contributed by atoms with Crippen LogP contribution in [0.25, 0.3) is 0 Å². The molecule has 1 aromatic heterocycles. The zero-order chi connectivity index (χ0) is 49.5. The Morgan fingerprint density at radius 2 is 0.928 bits per heavy atom. The van der Waals surface area contributed by atoms with Gasteiger partial charge in [0.05, 0.1) is 51.9 Å². The molecule has 0 radical (unpaired) electrons. The lowest BCUT2D eigenvalue weighted by molar-refractivity contribution is -0.157. The van der Waals surface area contributed by atoms with Crippen LogP contribution in [0.5, 0.6) is 0 Å². The van der Waals surface area contributed by atoms with Crippen LogP contribution in [0.2, 0.25) is 0 Å². The number of morpholine rings is 1. The molecule has 69 heavy (non-hydrogen) atoms. The van der Waals surface area contributed by atoms with Crippen molar-refractivity contribution in [3.05, 3.63) is 11.9 Å². The van der Waals surface area contributed by atoms with Crippen molar-refractivity contribution in [2.24, 2.45) is 0 Å². The fraction of sp³-hybridized carbons (Fsp3) is 0.927. The summed E-state index contributed by atoms with van der Waals surface area (Å²) in [5.74, 6) is -0.297. The van der Waals surface area contributed by atoms with Crippen LogP contribution in [0, 0.1) is 0 Å². The maximum atomic E-state index is 12.9. The van der Waals surface area contributed by atoms with Gasteiger partial charge in [-0.3, -0.25) is 24.1 Å². The number of nitrogens with zero attached hydrogens (tertiary/aromatic N) is 5. The number of ether oxygens (including phenoxy) is 7. The first-order valence-electron chi connectivity index (χ1n) is 28.6. The van der Waals surface area contributed by atoms with E-state index in [9.17, 15) is 9.59 Å². The van der Waals surface area contributed by atoms with Gasteiger partial charge in [-0.1, -0.05) is 148 Å². The van der Waals surface area contributed by atoms with Crippen molar-refractivity contribution in [3.63, 3.8) is 0 Å². The minimum absolute atomic E-state index is 0.148. The van der Waals surface area contributed by atoms with Crippen LogP contribution < -0.4 is 0 Å². The highest BCUT2D eigenvalue weighted by Crippen LogP contribution is 2.14. The lowest BCUT2D eigenvalue weighted by Gasteiger charge is -2.26. The highest BCUT2D eigenvalue weighted by molar-refractivity contribution is 5.69. The fourth-order valence-corrected chi connectivity index (χ4v) is 8.46. The molecular weight excluding hydrogens is 875 g/mol. The van der Waals surface area contributed by atoms with Gasteiger partial charge in [-0.05, 0) is 64.5 Å². The number of aromatic nitrogens is 3. The van der Waals surface area contributed by atoms with Gasteiger partial charge in [-0.25, -0.2) is 0 Å². The minimum atomic E-state index is -0.347. The third-order valence-corrected chi connectivity index (χ3v) is 12.8. The second kappa shape index (κ2) is 46.8. The number of carbonyl (C=O) groups excluding carboxylic acids is 2. The van der Waals surface area contributed by atoms with Gasteiger partial charge < -0.3 is 33.2 Å². The van der Waals surface area contributed by atoms with E-state index in [1.807, 2.05) is 4.68 Å². The monoisotopic (exact) mass is 980 g/mol. The molecule has 0 amide bonds. The number of carbonyl (C=O) groups is 2. The van der Waals surface area contributed by atoms with Crippen LogP contribution in [-0.4, -0.2) is 148 Å². The van der Waals surface area contributed by atoms with Gasteiger partial charge in [-0.15, -0.1) is 5.10 Å². The van der Waals surface area contributed by atoms with Crippen molar-refractivity contribution >= 4 is 11.9 Å². The molecular formula is C55H105N5O9. The Bertz CT molecular complexity index is 1190. The van der Waals surface area contributed by atoms with Crippen molar-refractivity contribution in [1.82, 2.24) is 24.8 Å². The molecule has 2 rings (SSSR count). The highest BCUT2D eigenvalue weighted by atomic mass is 16.6. The molecule has 0 aliphatic carbocycles. The summed E-state index contributed by atoms with van der Waals surface area (Å²) in [4.78, 5) is 30.7. The van der Waals surface area contributed by atoms with Gasteiger partial charge in [0.1, 0.15) is 12.2 Å². The average molecular weight is 980 g/mol. The van der Waals surface area contributed by atoms with Crippen LogP contribution in [0.15, 0.2) is 6.20 Å². The van der Waals surface area contributed by atoms with Crippen LogP contribution in [0.1, 0.15) is 213 Å². The van der Waals surface area contributed by atoms with Crippen LogP contribution in [0.4, 0.5) is 0 Å². The largest absolute Gasteiger partial charge is 0.457 e. The fourth-order valence-electron chi connectivity index (χ4n) is 8.46. The zero-order valence-electron chi connectivity index (χ0n) is 45.0. The second-order valence-corrected chi connectivity index (χ2v) is 19.5. The maximum Gasteiger partial charge on any atom is 0.306 e. The van der Waals surface area contributed by atoms with E-state index in [0.29, 0.717) is 65.7 Å². The first-order valence-corrected chi connectivity index (χ1v) is 28.6. The summed E-state index contributed by atoms with van der Waals surface area (Å²) in [5, 5.41) is 9.03. The van der Waals surface area contributed by atoms with E-state index in [-0.39, 0.29) is 24.1 Å². The lowest BCUT2D eigenvalue weighted by atomic mass is 10.1. The molecule has 0 atom stereocenters. The molecule has 0 saturated carbocycles. The molecule has 0 bridgehead atoms. The Morgan fingerprint density at radius 1 is 0.536 bits per heavy atom. The number of unbranched alkanes of at least 4 members (excludes halogenated alkanes) is 20. The average Bonchev–Trinajstić information content (AvgIpc) is 3.81. The van der Waals surface area contributed by atoms with Crippen molar-refractivity contribution in [2.45, 2.75) is 233 Å². The minimum Gasteiger partial charge on any atom is -0.457 e. The van der Waals surface area contributed by atoms with Gasteiger partial charge in [0.15, 0.2) is 0 Å². The molecule has 2 heterocycles. The molecule has 0 unspecified atom stereocenters. The first kappa shape index (κ1) is 62.9. The van der Waals surface area contributed by atoms with Gasteiger partial charge in [0.2, 0.25) is 0 Å². The molecule has 1 aliphatic heterocycles. The predicted octanol–water partition coefficient (Wildman–Crippen LogP) is 11.3. The normalized spacial score (nSPS) is 13.4. The van der Waals surface area contributed by atoms with Crippen LogP contribution >= 0.6 is 0 Å². The summed E-state index contributed by atoms with van der Waals surface area (Å²) in [6, 6.07) is 0. The van der Waals surface area contributed by atoms with E-state index in [0.717, 1.165) is 155 Å². The molecule has 0 aromatic carbocycles. The van der Waals surface area contributed by atoms with Crippen molar-refractivity contribution in [2.75, 3.05) is 98.8 Å². The summed E-state index contributed by atoms with van der Waals surface area (Å²) in [6.45, 7) is 21.3. The number of hydrogen-bond acceptors (Lipinski definition) is 13. The summed E-state index contributed by atoms with van der Waals surface area (Å²) in [6.07, 6.45) is 31.1. The third-order valence-electron chi connectivity index (χ3n) is 12.8. The van der Waals surface area contributed by atoms with E-state index >= 15 is 0 Å². The standard InChI is InChI=1S/C55H105N5O9/c1-5-9-13-27-39-64-47-52(48-65-40-28-14-10-6-2)68-54(61)31-23-19-17-21-25-33-59(45-51-46-60(57-56-51)36-35-58-37-43-63-44-38-58)34-26-22-18-20-24-32-55(62)69-53(49-66-41-29-15-11-7-3)50-67-42-30-16-12-8-4/h46,52-53H,5-45,47-50H2,1-4H3. The second-order valence-electron chi connectivity index (χ2n) is 19.5. The molecule has 404 valence electrons. The SMILES string of the molecule is CCCCCCOCC(COCCCCCC)OC(=O)CCCCCCCN(CCCCCCCC(=O)OC(COCCCCCC)COCCCCCC)Cc1cn(CCN2CCOCC2)nn1. The Labute approximate surface area is 421 Å². The number of hydrogen-bond donors (Lipinski definition) is 0. The Balaban J connectivity index is 1.76. The van der Waals surface area contributed by atoms with Crippen molar-refractivity contribution in [1.29, 1.82) is 0 Å². The maximum absolute atomic E-state index is 12.9. The summed E-state index contributed by atoms with van der Waals surface area (Å²) < 4.78 is 42.8. The Hall–Kier alpha value is -2.20. The van der Waals surface area contributed by atoms with Gasteiger partial charge in [0.25, 0.3) is 0 Å². The zero-order valence-corrected chi connectivity index (χ0v) is 45.0. The van der Waals surface area contributed by atoms with E-state index in [4.69, 9.17) is 33.2 Å². The van der Waals surface area contributed by atoms with Gasteiger partial charge >= 0.3 is 11.9 Å². The van der Waals surface area contributed by atoms with E-state index < -0.39 is 0 Å². The van der Waals surface area contributed by atoms with E-state index in [1.54, 1.807) is 0 Å². The molecule has 0 spiro atoms. The predicted molar refractivity (Wildman–Crippen MR) is 278 cm³/mol. The number of esters is 2. The summed E-state index contributed by atoms with van der Waals surface area (Å²) >= 11 is 0. The first-order chi connectivity index (χ1) is 34.0. The highest BCUT2D eigenvalue weighted by Gasteiger charge is 2.18. The molecule has 1 saturated heterocycles. The van der Waals surface area contributed by atoms with E-state index in [2.05, 4.69) is 54.0 Å². The van der Waals surface area contributed by atoms with E-state index in [1.165, 1.54) is 77.0 Å². The molecule has 1 aromatic rings. The van der Waals surface area contributed by atoms with Crippen molar-refractivity contribution < 1.29 is 42.7 Å². The van der Waals surface area contributed by atoms with Crippen molar-refractivity contribution in [3.8, 4) is 0 Å².